The summed E-state index contributed by atoms with van der Waals surface area (Å²) >= 11 is 0. The van der Waals surface area contributed by atoms with Crippen LogP contribution in [-0.2, 0) is 0 Å². The van der Waals surface area contributed by atoms with E-state index in [0.29, 0.717) is 11.4 Å². The Morgan fingerprint density at radius 1 is 1.30 bits per heavy atom. The van der Waals surface area contributed by atoms with Gasteiger partial charge in [0.2, 0.25) is 0 Å². The number of aromatic nitrogens is 1. The molecule has 1 saturated heterocycles. The van der Waals surface area contributed by atoms with Crippen LogP contribution in [0.3, 0.4) is 0 Å². The van der Waals surface area contributed by atoms with E-state index in [9.17, 15) is 5.11 Å². The summed E-state index contributed by atoms with van der Waals surface area (Å²) in [6.07, 6.45) is 2.78. The van der Waals surface area contributed by atoms with Gasteiger partial charge in [-0.15, -0.1) is 12.4 Å². The van der Waals surface area contributed by atoms with E-state index in [0.717, 1.165) is 30.6 Å². The predicted molar refractivity (Wildman–Crippen MR) is 84.6 cm³/mol. The molecule has 3 N–H and O–H groups in total. The van der Waals surface area contributed by atoms with Gasteiger partial charge >= 0.3 is 0 Å². The second-order valence-corrected chi connectivity index (χ2v) is 5.51. The van der Waals surface area contributed by atoms with Crippen LogP contribution in [0, 0.1) is 5.92 Å². The number of fused-ring (bicyclic) bond motifs is 1. The van der Waals surface area contributed by atoms with Crippen LogP contribution >= 0.6 is 12.4 Å². The van der Waals surface area contributed by atoms with Crippen molar-refractivity contribution in [3.05, 3.63) is 30.5 Å². The maximum Gasteiger partial charge on any atom is 0.141 e. The van der Waals surface area contributed by atoms with E-state index in [2.05, 4.69) is 16.8 Å². The molecule has 1 aliphatic rings. The van der Waals surface area contributed by atoms with Gasteiger partial charge in [0, 0.05) is 36.4 Å². The minimum Gasteiger partial charge on any atom is -0.506 e. The zero-order chi connectivity index (χ0) is 13.4. The number of phenolic OH excluding ortho intramolecular Hbond substituents is 1. The van der Waals surface area contributed by atoms with Crippen LogP contribution in [0.15, 0.2) is 30.5 Å². The summed E-state index contributed by atoms with van der Waals surface area (Å²) in [7, 11) is 0. The Bertz CT molecular complexity index is 595. The Labute approximate surface area is 125 Å². The number of phenols is 1. The lowest BCUT2D eigenvalue weighted by Crippen LogP contribution is -2.46. The number of anilines is 1. The van der Waals surface area contributed by atoms with Crippen molar-refractivity contribution < 1.29 is 5.11 Å². The van der Waals surface area contributed by atoms with Gasteiger partial charge < -0.3 is 15.7 Å². The highest BCUT2D eigenvalue weighted by Gasteiger charge is 2.23. The van der Waals surface area contributed by atoms with E-state index in [1.807, 2.05) is 18.2 Å². The van der Waals surface area contributed by atoms with Crippen LogP contribution in [-0.4, -0.2) is 29.2 Å². The molecule has 0 spiro atoms. The van der Waals surface area contributed by atoms with Crippen molar-refractivity contribution in [2.45, 2.75) is 19.4 Å². The third-order valence-electron chi connectivity index (χ3n) is 3.76. The van der Waals surface area contributed by atoms with Crippen molar-refractivity contribution in [1.82, 2.24) is 4.98 Å². The number of pyridine rings is 1. The summed E-state index contributed by atoms with van der Waals surface area (Å²) in [5.74, 6) is 0.818. The molecule has 1 aromatic heterocycles. The lowest BCUT2D eigenvalue weighted by molar-refractivity contribution is 0.402. The second-order valence-electron chi connectivity index (χ2n) is 5.51. The molecule has 0 radical (unpaired) electrons. The molecular weight excluding hydrogens is 274 g/mol. The largest absolute Gasteiger partial charge is 0.506 e. The molecule has 2 aromatic rings. The van der Waals surface area contributed by atoms with E-state index < -0.39 is 0 Å². The van der Waals surface area contributed by atoms with Crippen LogP contribution in [0.1, 0.15) is 13.3 Å². The first-order valence-electron chi connectivity index (χ1n) is 6.72. The van der Waals surface area contributed by atoms with Crippen LogP contribution < -0.4 is 10.6 Å². The SMILES string of the molecule is C[C@H]1C[C@@H](N)CN(c2ccc(O)c3ncccc23)C1.Cl. The number of nitrogens with two attached hydrogens (primary N) is 1. The fourth-order valence-electron chi connectivity index (χ4n) is 3.01. The van der Waals surface area contributed by atoms with Crippen LogP contribution in [0.5, 0.6) is 5.75 Å². The molecule has 108 valence electrons. The molecule has 1 fully saturated rings. The molecule has 0 bridgehead atoms. The number of hydrogen-bond acceptors (Lipinski definition) is 4. The Morgan fingerprint density at radius 2 is 2.10 bits per heavy atom. The van der Waals surface area contributed by atoms with Gasteiger partial charge in [0.1, 0.15) is 11.3 Å². The predicted octanol–water partition coefficient (Wildman–Crippen LogP) is 2.54. The lowest BCUT2D eigenvalue weighted by Gasteiger charge is -2.37. The van der Waals surface area contributed by atoms with E-state index in [4.69, 9.17) is 5.73 Å². The molecule has 1 aromatic carbocycles. The fraction of sp³-hybridized carbons (Fsp3) is 0.400. The number of benzene rings is 1. The van der Waals surface area contributed by atoms with E-state index in [-0.39, 0.29) is 24.2 Å². The van der Waals surface area contributed by atoms with E-state index in [1.165, 1.54) is 0 Å². The zero-order valence-corrected chi connectivity index (χ0v) is 12.3. The van der Waals surface area contributed by atoms with Gasteiger partial charge in [0.05, 0.1) is 0 Å². The van der Waals surface area contributed by atoms with E-state index in [1.54, 1.807) is 12.3 Å². The van der Waals surface area contributed by atoms with Gasteiger partial charge in [-0.2, -0.15) is 0 Å². The Balaban J connectivity index is 0.00000147. The Morgan fingerprint density at radius 3 is 2.85 bits per heavy atom. The number of halogens is 1. The fourth-order valence-corrected chi connectivity index (χ4v) is 3.01. The number of hydrogen-bond donors (Lipinski definition) is 2. The average molecular weight is 294 g/mol. The van der Waals surface area contributed by atoms with Gasteiger partial charge in [-0.3, -0.25) is 4.98 Å². The highest BCUT2D eigenvalue weighted by Crippen LogP contribution is 2.33. The van der Waals surface area contributed by atoms with Crippen molar-refractivity contribution in [2.75, 3.05) is 18.0 Å². The molecule has 0 aliphatic carbocycles. The average Bonchev–Trinajstić information content (AvgIpc) is 2.38. The first-order chi connectivity index (χ1) is 9.15. The molecule has 2 atom stereocenters. The monoisotopic (exact) mass is 293 g/mol. The third-order valence-corrected chi connectivity index (χ3v) is 3.76. The normalized spacial score (nSPS) is 22.6. The Hall–Kier alpha value is -1.52. The van der Waals surface area contributed by atoms with Gasteiger partial charge in [0.25, 0.3) is 0 Å². The molecule has 1 aliphatic heterocycles. The summed E-state index contributed by atoms with van der Waals surface area (Å²) in [5.41, 5.74) is 7.89. The molecule has 5 heteroatoms. The molecule has 2 heterocycles. The van der Waals surface area contributed by atoms with E-state index >= 15 is 0 Å². The number of rotatable bonds is 1. The van der Waals surface area contributed by atoms with Gasteiger partial charge in [-0.25, -0.2) is 0 Å². The first-order valence-corrected chi connectivity index (χ1v) is 6.72. The highest BCUT2D eigenvalue weighted by atomic mass is 35.5. The maximum absolute atomic E-state index is 9.89. The summed E-state index contributed by atoms with van der Waals surface area (Å²) < 4.78 is 0. The van der Waals surface area contributed by atoms with Crippen molar-refractivity contribution in [3.63, 3.8) is 0 Å². The van der Waals surface area contributed by atoms with Crippen molar-refractivity contribution >= 4 is 29.0 Å². The maximum atomic E-state index is 9.89. The third kappa shape index (κ3) is 2.67. The second kappa shape index (κ2) is 5.85. The molecule has 4 nitrogen and oxygen atoms in total. The molecule has 0 unspecified atom stereocenters. The summed E-state index contributed by atoms with van der Waals surface area (Å²) in [6.45, 7) is 4.09. The summed E-state index contributed by atoms with van der Waals surface area (Å²) in [5, 5.41) is 10.9. The zero-order valence-electron chi connectivity index (χ0n) is 11.5. The van der Waals surface area contributed by atoms with Crippen molar-refractivity contribution in [1.29, 1.82) is 0 Å². The standard InChI is InChI=1S/C15H19N3O.ClH/c1-10-7-11(16)9-18(8-10)13-4-5-14(19)15-12(13)3-2-6-17-15;/h2-6,10-11,19H,7-9,16H2,1H3;1H/t10-,11+;/m0./s1. The highest BCUT2D eigenvalue weighted by molar-refractivity contribution is 5.95. The minimum atomic E-state index is 0. The molecule has 0 saturated carbocycles. The Kier molecular flexibility index (Phi) is 4.35. The topological polar surface area (TPSA) is 62.4 Å². The van der Waals surface area contributed by atoms with Crippen molar-refractivity contribution in [3.8, 4) is 5.75 Å². The molecule has 3 rings (SSSR count). The van der Waals surface area contributed by atoms with Crippen LogP contribution in [0.4, 0.5) is 5.69 Å². The van der Waals surface area contributed by atoms with Crippen LogP contribution in [0.25, 0.3) is 10.9 Å². The van der Waals surface area contributed by atoms with Gasteiger partial charge in [0.15, 0.2) is 0 Å². The molecular formula is C15H20ClN3O. The number of nitrogens with zero attached hydrogens (tertiary/aromatic N) is 2. The van der Waals surface area contributed by atoms with Gasteiger partial charge in [-0.1, -0.05) is 6.92 Å². The number of piperidine rings is 1. The quantitative estimate of drug-likeness (QED) is 0.848. The molecule has 20 heavy (non-hydrogen) atoms. The minimum absolute atomic E-state index is 0. The summed E-state index contributed by atoms with van der Waals surface area (Å²) in [6, 6.07) is 7.80. The first kappa shape index (κ1) is 14.9. The number of aromatic hydroxyl groups is 1. The smallest absolute Gasteiger partial charge is 0.141 e. The van der Waals surface area contributed by atoms with Crippen LogP contribution in [0.2, 0.25) is 0 Å². The van der Waals surface area contributed by atoms with Gasteiger partial charge in [-0.05, 0) is 36.6 Å². The lowest BCUT2D eigenvalue weighted by atomic mass is 9.95. The summed E-state index contributed by atoms with van der Waals surface area (Å²) in [4.78, 5) is 6.57. The molecule has 0 amide bonds. The van der Waals surface area contributed by atoms with Crippen molar-refractivity contribution in [2.24, 2.45) is 11.7 Å².